The van der Waals surface area contributed by atoms with Crippen LogP contribution in [0.25, 0.3) is 28.8 Å². The minimum Gasteiger partial charge on any atom is -0.323 e. The second-order valence-corrected chi connectivity index (χ2v) is 13.9. The number of anilines is 1. The maximum absolute atomic E-state index is 5.30. The minimum atomic E-state index is 0.697. The zero-order chi connectivity index (χ0) is 34.3. The first-order valence-corrected chi connectivity index (χ1v) is 18.6. The maximum atomic E-state index is 5.30. The molecule has 9 heteroatoms. The number of benzene rings is 2. The van der Waals surface area contributed by atoms with E-state index in [-0.39, 0.29) is 0 Å². The third kappa shape index (κ3) is 7.57. The van der Waals surface area contributed by atoms with Gasteiger partial charge in [-0.15, -0.1) is 9.32 Å². The first-order chi connectivity index (χ1) is 24.6. The Kier molecular flexibility index (Phi) is 11.1. The number of rotatable bonds is 11. The van der Waals surface area contributed by atoms with Crippen molar-refractivity contribution < 1.29 is 18.1 Å². The van der Waals surface area contributed by atoms with Crippen molar-refractivity contribution in [1.29, 1.82) is 0 Å². The van der Waals surface area contributed by atoms with Gasteiger partial charge in [0.25, 0.3) is 0 Å². The summed E-state index contributed by atoms with van der Waals surface area (Å²) in [6.07, 6.45) is 22.7. The minimum absolute atomic E-state index is 0.697. The number of nitrogens with zero attached hydrogens (tertiary/aromatic N) is 3. The van der Waals surface area contributed by atoms with Crippen molar-refractivity contribution >= 4 is 58.5 Å². The van der Waals surface area contributed by atoms with Crippen molar-refractivity contribution in [3.8, 4) is 11.3 Å². The molecule has 0 fully saturated rings. The molecule has 7 rings (SSSR count). The third-order valence-corrected chi connectivity index (χ3v) is 9.97. The Bertz CT molecular complexity index is 2100. The molecule has 0 saturated carbocycles. The standard InChI is InChI=1S/C41H41N4O3S2/c1-4-21-42-47-48-49-26-25-44-36(16-12-33-29-38(50-46-3)18-19-39(33)44)14-10-31-8-7-9-32(40(31)43-22-5-6-23-43)11-15-37-17-13-34-27-30(2)28-35-20-24-45(37)41(34)35/h5-6,10-19,22-23,27-29,42H,4,7-9,20-21,24H2,1-3H3/q+1. The summed E-state index contributed by atoms with van der Waals surface area (Å²) < 4.78 is 15.2. The molecule has 0 radical (unpaired) electrons. The molecule has 2 aromatic heterocycles. The molecule has 1 N–H and O–H groups in total. The SMILES string of the molecule is CCCNOOSC#CN1/C(=C/C=C2\CCCC(/C=C/c3ccc4cc(C)cc5c4[n+]3CC5)=C2n2cccc2)C=Cc2cc(SOC)ccc21. The van der Waals surface area contributed by atoms with E-state index in [4.69, 9.17) is 13.5 Å². The van der Waals surface area contributed by atoms with Gasteiger partial charge in [-0.05, 0) is 110 Å². The first-order valence-electron chi connectivity index (χ1n) is 17.1. The van der Waals surface area contributed by atoms with Crippen molar-refractivity contribution in [2.75, 3.05) is 18.6 Å². The van der Waals surface area contributed by atoms with Gasteiger partial charge >= 0.3 is 0 Å². The van der Waals surface area contributed by atoms with E-state index in [1.54, 1.807) is 7.11 Å². The van der Waals surface area contributed by atoms with Gasteiger partial charge in [0.1, 0.15) is 12.0 Å². The van der Waals surface area contributed by atoms with Crippen molar-refractivity contribution in [2.24, 2.45) is 0 Å². The van der Waals surface area contributed by atoms with Crippen LogP contribution in [0.1, 0.15) is 55.0 Å². The summed E-state index contributed by atoms with van der Waals surface area (Å²) in [4.78, 5) is 8.03. The summed E-state index contributed by atoms with van der Waals surface area (Å²) in [5.41, 5.74) is 15.0. The van der Waals surface area contributed by atoms with Crippen molar-refractivity contribution in [2.45, 2.75) is 57.4 Å². The van der Waals surface area contributed by atoms with E-state index in [0.717, 1.165) is 72.5 Å². The van der Waals surface area contributed by atoms with Crippen LogP contribution in [-0.2, 0) is 26.5 Å². The predicted octanol–water partition coefficient (Wildman–Crippen LogP) is 9.33. The fourth-order valence-corrected chi connectivity index (χ4v) is 7.63. The second kappa shape index (κ2) is 16.2. The molecular formula is C41H41N4O3S2+. The number of allylic oxidation sites excluding steroid dienone is 7. The van der Waals surface area contributed by atoms with Crippen LogP contribution >= 0.6 is 24.1 Å². The monoisotopic (exact) mass is 701 g/mol. The van der Waals surface area contributed by atoms with Gasteiger partial charge in [-0.2, -0.15) is 10.0 Å². The molecule has 0 spiro atoms. The molecule has 0 bridgehead atoms. The van der Waals surface area contributed by atoms with Crippen LogP contribution in [-0.4, -0.2) is 18.2 Å². The van der Waals surface area contributed by atoms with E-state index >= 15 is 0 Å². The number of aromatic nitrogens is 2. The van der Waals surface area contributed by atoms with Crippen LogP contribution in [0.3, 0.4) is 0 Å². The lowest BCUT2D eigenvalue weighted by molar-refractivity contribution is -0.665. The van der Waals surface area contributed by atoms with E-state index in [1.165, 1.54) is 56.6 Å². The zero-order valence-corrected chi connectivity index (χ0v) is 30.3. The van der Waals surface area contributed by atoms with Crippen molar-refractivity contribution in [1.82, 2.24) is 10.0 Å². The van der Waals surface area contributed by atoms with Gasteiger partial charge in [0, 0.05) is 82.2 Å². The average molecular weight is 702 g/mol. The summed E-state index contributed by atoms with van der Waals surface area (Å²) in [5.74, 6) is 0. The lowest BCUT2D eigenvalue weighted by Crippen LogP contribution is -2.34. The summed E-state index contributed by atoms with van der Waals surface area (Å²) in [6.45, 7) is 5.97. The van der Waals surface area contributed by atoms with Crippen molar-refractivity contribution in [3.63, 3.8) is 0 Å². The molecule has 0 saturated heterocycles. The molecule has 50 heavy (non-hydrogen) atoms. The van der Waals surface area contributed by atoms with Crippen molar-refractivity contribution in [3.05, 3.63) is 131 Å². The van der Waals surface area contributed by atoms with Crippen LogP contribution in [0.2, 0.25) is 0 Å². The number of pyridine rings is 1. The van der Waals surface area contributed by atoms with E-state index < -0.39 is 0 Å². The van der Waals surface area contributed by atoms with E-state index in [0.29, 0.717) is 6.54 Å². The van der Waals surface area contributed by atoms with Gasteiger partial charge in [-0.3, -0.25) is 4.90 Å². The normalized spacial score (nSPS) is 17.0. The molecule has 4 aromatic rings. The predicted molar refractivity (Wildman–Crippen MR) is 206 cm³/mol. The number of hydrogen-bond donors (Lipinski definition) is 1. The molecule has 0 unspecified atom stereocenters. The molecule has 4 heterocycles. The van der Waals surface area contributed by atoms with Gasteiger partial charge in [0.05, 0.1) is 24.2 Å². The second-order valence-electron chi connectivity index (χ2n) is 12.4. The number of nitrogens with one attached hydrogen (secondary N) is 1. The number of hydroxylamine groups is 1. The lowest BCUT2D eigenvalue weighted by Gasteiger charge is -2.26. The van der Waals surface area contributed by atoms with Crippen LogP contribution in [0.4, 0.5) is 5.69 Å². The highest BCUT2D eigenvalue weighted by Gasteiger charge is 2.25. The Morgan fingerprint density at radius 3 is 2.76 bits per heavy atom. The Balaban J connectivity index is 1.22. The lowest BCUT2D eigenvalue weighted by atomic mass is 9.90. The Hall–Kier alpha value is -4.27. The molecule has 3 aliphatic rings. The maximum Gasteiger partial charge on any atom is 0.216 e. The Morgan fingerprint density at radius 2 is 1.90 bits per heavy atom. The molecule has 254 valence electrons. The summed E-state index contributed by atoms with van der Waals surface area (Å²) in [7, 11) is 1.68. The van der Waals surface area contributed by atoms with Crippen LogP contribution in [0.15, 0.2) is 113 Å². The summed E-state index contributed by atoms with van der Waals surface area (Å²) in [6, 6.07) is 22.9. The van der Waals surface area contributed by atoms with E-state index in [1.807, 2.05) is 11.0 Å². The highest BCUT2D eigenvalue weighted by molar-refractivity contribution is 7.99. The van der Waals surface area contributed by atoms with E-state index in [9.17, 15) is 0 Å². The van der Waals surface area contributed by atoms with Gasteiger partial charge in [0.15, 0.2) is 6.54 Å². The zero-order valence-electron chi connectivity index (χ0n) is 28.6. The van der Waals surface area contributed by atoms with Gasteiger partial charge in [-0.25, -0.2) is 0 Å². The Morgan fingerprint density at radius 1 is 1.00 bits per heavy atom. The highest BCUT2D eigenvalue weighted by Crippen LogP contribution is 2.37. The molecule has 7 nitrogen and oxygen atoms in total. The third-order valence-electron chi connectivity index (χ3n) is 9.05. The van der Waals surface area contributed by atoms with Crippen LogP contribution in [0, 0.1) is 18.2 Å². The fraction of sp³-hybridized carbons (Fsp3) is 0.244. The molecule has 0 amide bonds. The number of hydrogen-bond acceptors (Lipinski definition) is 7. The summed E-state index contributed by atoms with van der Waals surface area (Å²) in [5, 5.41) is 4.36. The van der Waals surface area contributed by atoms with Crippen LogP contribution in [0.5, 0.6) is 0 Å². The van der Waals surface area contributed by atoms with Gasteiger partial charge in [0.2, 0.25) is 11.2 Å². The molecular weight excluding hydrogens is 661 g/mol. The quantitative estimate of drug-likeness (QED) is 0.0418. The number of fused-ring (bicyclic) bond motifs is 1. The molecule has 2 aromatic carbocycles. The largest absolute Gasteiger partial charge is 0.323 e. The smallest absolute Gasteiger partial charge is 0.216 e. The van der Waals surface area contributed by atoms with Gasteiger partial charge < -0.3 is 8.75 Å². The topological polar surface area (TPSA) is 51.8 Å². The summed E-state index contributed by atoms with van der Waals surface area (Å²) >= 11 is 2.28. The molecule has 1 aliphatic carbocycles. The first kappa shape index (κ1) is 34.2. The van der Waals surface area contributed by atoms with Gasteiger partial charge in [-0.1, -0.05) is 25.2 Å². The molecule has 2 aliphatic heterocycles. The van der Waals surface area contributed by atoms with Crippen LogP contribution < -0.4 is 14.9 Å². The Labute approximate surface area is 303 Å². The number of aryl methyl sites for hydroxylation is 3. The van der Waals surface area contributed by atoms with E-state index in [2.05, 4.69) is 137 Å². The highest BCUT2D eigenvalue weighted by atomic mass is 32.2. The average Bonchev–Trinajstić information content (AvgIpc) is 3.82. The fourth-order valence-electron chi connectivity index (χ4n) is 6.90. The molecule has 0 atom stereocenters.